The fourth-order valence-electron chi connectivity index (χ4n) is 3.14. The van der Waals surface area contributed by atoms with Gasteiger partial charge in [0.1, 0.15) is 0 Å². The molecule has 0 saturated carbocycles. The van der Waals surface area contributed by atoms with Gasteiger partial charge in [-0.05, 0) is 25.0 Å². The Labute approximate surface area is 133 Å². The van der Waals surface area contributed by atoms with Gasteiger partial charge in [0.05, 0.1) is 11.4 Å². The zero-order valence-electron chi connectivity index (χ0n) is 13.8. The monoisotopic (exact) mass is 298 g/mol. The normalized spacial score (nSPS) is 19.7. The molecule has 0 aliphatic carbocycles. The van der Waals surface area contributed by atoms with Crippen LogP contribution in [-0.2, 0) is 6.54 Å². The quantitative estimate of drug-likeness (QED) is 0.942. The first-order valence-corrected chi connectivity index (χ1v) is 8.23. The molecule has 118 valence electrons. The third-order valence-electron chi connectivity index (χ3n) is 4.24. The van der Waals surface area contributed by atoms with Crippen LogP contribution in [0.15, 0.2) is 36.5 Å². The van der Waals surface area contributed by atoms with Crippen molar-refractivity contribution in [1.82, 2.24) is 20.0 Å². The van der Waals surface area contributed by atoms with E-state index in [1.165, 1.54) is 11.3 Å². The number of rotatable bonds is 4. The van der Waals surface area contributed by atoms with Gasteiger partial charge >= 0.3 is 0 Å². The minimum absolute atomic E-state index is 0.445. The van der Waals surface area contributed by atoms with E-state index < -0.39 is 0 Å². The molecule has 2 aromatic rings. The molecule has 1 atom stereocenters. The van der Waals surface area contributed by atoms with Crippen LogP contribution >= 0.6 is 0 Å². The number of nitrogens with one attached hydrogen (secondary N) is 1. The van der Waals surface area contributed by atoms with Crippen molar-refractivity contribution in [3.05, 3.63) is 47.8 Å². The summed E-state index contributed by atoms with van der Waals surface area (Å²) in [6.45, 7) is 11.0. The molecule has 0 bridgehead atoms. The Balaban J connectivity index is 1.84. The molecule has 1 N–H and O–H groups in total. The Morgan fingerprint density at radius 1 is 1.27 bits per heavy atom. The third kappa shape index (κ3) is 3.39. The highest BCUT2D eigenvalue weighted by Crippen LogP contribution is 2.21. The van der Waals surface area contributed by atoms with E-state index in [1.807, 2.05) is 10.7 Å². The second kappa shape index (κ2) is 6.63. The van der Waals surface area contributed by atoms with Gasteiger partial charge in [-0.2, -0.15) is 5.10 Å². The molecule has 1 unspecified atom stereocenters. The van der Waals surface area contributed by atoms with E-state index in [1.54, 1.807) is 0 Å². The first-order chi connectivity index (χ1) is 10.6. The van der Waals surface area contributed by atoms with E-state index in [9.17, 15) is 0 Å². The van der Waals surface area contributed by atoms with Crippen molar-refractivity contribution < 1.29 is 0 Å². The molecule has 1 aliphatic rings. The summed E-state index contributed by atoms with van der Waals surface area (Å²) in [5, 5.41) is 8.34. The fraction of sp³-hybridized carbons (Fsp3) is 0.500. The summed E-state index contributed by atoms with van der Waals surface area (Å²) in [5.74, 6) is 0.445. The molecule has 1 aromatic heterocycles. The molecule has 3 rings (SSSR count). The van der Waals surface area contributed by atoms with Crippen molar-refractivity contribution in [2.75, 3.05) is 19.6 Å². The van der Waals surface area contributed by atoms with Crippen LogP contribution in [0.1, 0.15) is 37.9 Å². The molecular weight excluding hydrogens is 272 g/mol. The summed E-state index contributed by atoms with van der Waals surface area (Å²) >= 11 is 0. The van der Waals surface area contributed by atoms with E-state index in [-0.39, 0.29) is 0 Å². The second-order valence-corrected chi connectivity index (χ2v) is 6.56. The molecule has 1 aromatic carbocycles. The number of para-hydroxylation sites is 1. The summed E-state index contributed by atoms with van der Waals surface area (Å²) in [5.41, 5.74) is 3.70. The van der Waals surface area contributed by atoms with Gasteiger partial charge in [-0.1, -0.05) is 32.0 Å². The SMILES string of the molecule is CC1CN(Cc2cn(-c3ccccc3)nc2C(C)C)CCN1. The zero-order valence-corrected chi connectivity index (χ0v) is 13.8. The van der Waals surface area contributed by atoms with Crippen molar-refractivity contribution in [3.8, 4) is 5.69 Å². The average molecular weight is 298 g/mol. The van der Waals surface area contributed by atoms with Crippen LogP contribution in [0.3, 0.4) is 0 Å². The smallest absolute Gasteiger partial charge is 0.0699 e. The molecule has 1 fully saturated rings. The van der Waals surface area contributed by atoms with Crippen LogP contribution in [0.4, 0.5) is 0 Å². The molecule has 22 heavy (non-hydrogen) atoms. The van der Waals surface area contributed by atoms with Gasteiger partial charge in [-0.3, -0.25) is 4.90 Å². The number of hydrogen-bond acceptors (Lipinski definition) is 3. The topological polar surface area (TPSA) is 33.1 Å². The standard InChI is InChI=1S/C18H26N4/c1-14(2)18-16(12-21-10-9-19-15(3)11-21)13-22(20-18)17-7-5-4-6-8-17/h4-8,13-15,19H,9-12H2,1-3H3. The van der Waals surface area contributed by atoms with Gasteiger partial charge < -0.3 is 5.32 Å². The zero-order chi connectivity index (χ0) is 15.5. The summed E-state index contributed by atoms with van der Waals surface area (Å²) < 4.78 is 2.02. The summed E-state index contributed by atoms with van der Waals surface area (Å²) in [4.78, 5) is 2.53. The van der Waals surface area contributed by atoms with Gasteiger partial charge in [0.2, 0.25) is 0 Å². The highest BCUT2D eigenvalue weighted by molar-refractivity contribution is 5.33. The first-order valence-electron chi connectivity index (χ1n) is 8.23. The predicted molar refractivity (Wildman–Crippen MR) is 90.4 cm³/mol. The highest BCUT2D eigenvalue weighted by atomic mass is 15.3. The lowest BCUT2D eigenvalue weighted by atomic mass is 10.1. The number of benzene rings is 1. The molecule has 0 amide bonds. The van der Waals surface area contributed by atoms with Crippen molar-refractivity contribution in [2.45, 2.75) is 39.3 Å². The molecule has 4 nitrogen and oxygen atoms in total. The van der Waals surface area contributed by atoms with Gasteiger partial charge in [-0.15, -0.1) is 0 Å². The maximum atomic E-state index is 4.84. The summed E-state index contributed by atoms with van der Waals surface area (Å²) in [6.07, 6.45) is 2.21. The van der Waals surface area contributed by atoms with Crippen LogP contribution in [0, 0.1) is 0 Å². The summed E-state index contributed by atoms with van der Waals surface area (Å²) in [6, 6.07) is 10.9. The molecule has 1 saturated heterocycles. The lowest BCUT2D eigenvalue weighted by Crippen LogP contribution is -2.48. The van der Waals surface area contributed by atoms with Crippen LogP contribution < -0.4 is 5.32 Å². The largest absolute Gasteiger partial charge is 0.312 e. The highest BCUT2D eigenvalue weighted by Gasteiger charge is 2.20. The van der Waals surface area contributed by atoms with Crippen LogP contribution in [0.25, 0.3) is 5.69 Å². The molecular formula is C18H26N4. The lowest BCUT2D eigenvalue weighted by molar-refractivity contribution is 0.199. The molecule has 4 heteroatoms. The van der Waals surface area contributed by atoms with E-state index in [4.69, 9.17) is 5.10 Å². The number of hydrogen-bond donors (Lipinski definition) is 1. The van der Waals surface area contributed by atoms with Crippen LogP contribution in [0.2, 0.25) is 0 Å². The molecule has 0 radical (unpaired) electrons. The minimum atomic E-state index is 0.445. The Morgan fingerprint density at radius 3 is 2.73 bits per heavy atom. The third-order valence-corrected chi connectivity index (χ3v) is 4.24. The maximum absolute atomic E-state index is 4.84. The van der Waals surface area contributed by atoms with E-state index >= 15 is 0 Å². The van der Waals surface area contributed by atoms with Crippen LogP contribution in [0.5, 0.6) is 0 Å². The fourth-order valence-corrected chi connectivity index (χ4v) is 3.14. The Hall–Kier alpha value is -1.65. The van der Waals surface area contributed by atoms with E-state index in [0.29, 0.717) is 12.0 Å². The maximum Gasteiger partial charge on any atom is 0.0699 e. The van der Waals surface area contributed by atoms with Gasteiger partial charge in [0.25, 0.3) is 0 Å². The minimum Gasteiger partial charge on any atom is -0.312 e. The van der Waals surface area contributed by atoms with E-state index in [0.717, 1.165) is 31.9 Å². The predicted octanol–water partition coefficient (Wildman–Crippen LogP) is 2.79. The van der Waals surface area contributed by atoms with Crippen LogP contribution in [-0.4, -0.2) is 40.4 Å². The number of aromatic nitrogens is 2. The Bertz CT molecular complexity index is 603. The van der Waals surface area contributed by atoms with Crippen molar-refractivity contribution >= 4 is 0 Å². The van der Waals surface area contributed by atoms with Crippen molar-refractivity contribution in [1.29, 1.82) is 0 Å². The lowest BCUT2D eigenvalue weighted by Gasteiger charge is -2.31. The average Bonchev–Trinajstić information content (AvgIpc) is 2.92. The van der Waals surface area contributed by atoms with Crippen molar-refractivity contribution in [3.63, 3.8) is 0 Å². The number of piperazine rings is 1. The molecule has 1 aliphatic heterocycles. The van der Waals surface area contributed by atoms with Gasteiger partial charge in [-0.25, -0.2) is 4.68 Å². The molecule has 2 heterocycles. The van der Waals surface area contributed by atoms with E-state index in [2.05, 4.69) is 61.5 Å². The second-order valence-electron chi connectivity index (χ2n) is 6.56. The number of nitrogens with zero attached hydrogens (tertiary/aromatic N) is 3. The Kier molecular flexibility index (Phi) is 4.60. The molecule has 0 spiro atoms. The van der Waals surface area contributed by atoms with Gasteiger partial charge in [0, 0.05) is 44.0 Å². The Morgan fingerprint density at radius 2 is 2.05 bits per heavy atom. The summed E-state index contributed by atoms with van der Waals surface area (Å²) in [7, 11) is 0. The van der Waals surface area contributed by atoms with Crippen molar-refractivity contribution in [2.24, 2.45) is 0 Å². The first kappa shape index (κ1) is 15.3. The van der Waals surface area contributed by atoms with Gasteiger partial charge in [0.15, 0.2) is 0 Å².